The molecule has 4 nitrogen and oxygen atoms in total. The molecule has 2 heterocycles. The van der Waals surface area contributed by atoms with Crippen LogP contribution in [-0.2, 0) is 0 Å². The number of aromatic nitrogens is 2. The Labute approximate surface area is 147 Å². The third-order valence-corrected chi connectivity index (χ3v) is 4.77. The highest BCUT2D eigenvalue weighted by molar-refractivity contribution is 6.30. The molecule has 1 fully saturated rings. The quantitative estimate of drug-likeness (QED) is 0.783. The van der Waals surface area contributed by atoms with Crippen molar-refractivity contribution in [3.8, 4) is 0 Å². The molecule has 1 aliphatic rings. The van der Waals surface area contributed by atoms with Gasteiger partial charge < -0.3 is 4.90 Å². The fraction of sp³-hybridized carbons (Fsp3) is 0.412. The van der Waals surface area contributed by atoms with Gasteiger partial charge in [-0.3, -0.25) is 4.90 Å². The van der Waals surface area contributed by atoms with Crippen LogP contribution in [0.3, 0.4) is 0 Å². The van der Waals surface area contributed by atoms with E-state index >= 15 is 0 Å². The van der Waals surface area contributed by atoms with Crippen molar-refractivity contribution in [2.75, 3.05) is 31.1 Å². The van der Waals surface area contributed by atoms with Crippen molar-refractivity contribution in [3.63, 3.8) is 0 Å². The fourth-order valence-corrected chi connectivity index (χ4v) is 3.31. The van der Waals surface area contributed by atoms with Crippen LogP contribution < -0.4 is 4.90 Å². The molecule has 2 aromatic rings. The second-order valence-corrected chi connectivity index (χ2v) is 6.66. The van der Waals surface area contributed by atoms with Gasteiger partial charge in [-0.2, -0.15) is 0 Å². The van der Waals surface area contributed by atoms with Gasteiger partial charge in [0.05, 0.1) is 0 Å². The molecule has 0 radical (unpaired) electrons. The lowest BCUT2D eigenvalue weighted by atomic mass is 10.1. The van der Waals surface area contributed by atoms with Crippen LogP contribution in [0.15, 0.2) is 30.3 Å². The summed E-state index contributed by atoms with van der Waals surface area (Å²) in [6, 6.07) is 10.5. The molecular weight excluding hydrogens is 331 g/mol. The smallest absolute Gasteiger partial charge is 0.224 e. The molecule has 1 aliphatic heterocycles. The summed E-state index contributed by atoms with van der Waals surface area (Å²) in [5, 5.41) is 1.10. The minimum Gasteiger partial charge on any atom is -0.354 e. The average Bonchev–Trinajstić information content (AvgIpc) is 2.54. The topological polar surface area (TPSA) is 32.3 Å². The number of benzene rings is 1. The highest BCUT2D eigenvalue weighted by Gasteiger charge is 2.23. The van der Waals surface area contributed by atoms with Crippen LogP contribution >= 0.6 is 23.2 Å². The molecule has 0 aliphatic carbocycles. The first-order valence-electron chi connectivity index (χ1n) is 7.78. The largest absolute Gasteiger partial charge is 0.354 e. The summed E-state index contributed by atoms with van der Waals surface area (Å²) in [5.41, 5.74) is 2.20. The lowest BCUT2D eigenvalue weighted by Gasteiger charge is -2.38. The predicted molar refractivity (Wildman–Crippen MR) is 95.4 cm³/mol. The van der Waals surface area contributed by atoms with Gasteiger partial charge in [-0.25, -0.2) is 9.97 Å². The Morgan fingerprint density at radius 1 is 1.00 bits per heavy atom. The van der Waals surface area contributed by atoms with Crippen molar-refractivity contribution < 1.29 is 0 Å². The number of aryl methyl sites for hydroxylation is 1. The van der Waals surface area contributed by atoms with Crippen molar-refractivity contribution in [1.29, 1.82) is 0 Å². The predicted octanol–water partition coefficient (Wildman–Crippen LogP) is 3.98. The highest BCUT2D eigenvalue weighted by atomic mass is 35.5. The molecule has 1 saturated heterocycles. The van der Waals surface area contributed by atoms with Crippen molar-refractivity contribution >= 4 is 29.0 Å². The van der Waals surface area contributed by atoms with E-state index in [4.69, 9.17) is 23.2 Å². The second-order valence-electron chi connectivity index (χ2n) is 5.89. The van der Waals surface area contributed by atoms with Gasteiger partial charge in [0, 0.05) is 49.0 Å². The lowest BCUT2D eigenvalue weighted by Crippen LogP contribution is -2.47. The highest BCUT2D eigenvalue weighted by Crippen LogP contribution is 2.24. The number of rotatable bonds is 3. The minimum atomic E-state index is 0.317. The summed E-state index contributed by atoms with van der Waals surface area (Å²) in [6.07, 6.45) is 0. The summed E-state index contributed by atoms with van der Waals surface area (Å²) in [7, 11) is 0. The SMILES string of the molecule is Cc1cc(N2CCN(C(C)c3ccc(Cl)cc3)CC2)nc(Cl)n1. The van der Waals surface area contributed by atoms with Gasteiger partial charge in [-0.05, 0) is 43.1 Å². The third-order valence-electron chi connectivity index (χ3n) is 4.35. The van der Waals surface area contributed by atoms with E-state index in [-0.39, 0.29) is 0 Å². The van der Waals surface area contributed by atoms with Gasteiger partial charge in [0.15, 0.2) is 0 Å². The van der Waals surface area contributed by atoms with Gasteiger partial charge in [-0.1, -0.05) is 23.7 Å². The molecular formula is C17H20Cl2N4. The van der Waals surface area contributed by atoms with E-state index < -0.39 is 0 Å². The maximum atomic E-state index is 5.97. The van der Waals surface area contributed by atoms with Crippen LogP contribution in [-0.4, -0.2) is 41.0 Å². The summed E-state index contributed by atoms with van der Waals surface area (Å²) in [4.78, 5) is 13.2. The Balaban J connectivity index is 1.64. The van der Waals surface area contributed by atoms with E-state index in [0.29, 0.717) is 11.3 Å². The molecule has 0 amide bonds. The van der Waals surface area contributed by atoms with Crippen molar-refractivity contribution in [3.05, 3.63) is 51.9 Å². The molecule has 0 saturated carbocycles. The molecule has 1 unspecified atom stereocenters. The number of hydrogen-bond donors (Lipinski definition) is 0. The van der Waals surface area contributed by atoms with Crippen LogP contribution in [0.4, 0.5) is 5.82 Å². The monoisotopic (exact) mass is 350 g/mol. The van der Waals surface area contributed by atoms with Crippen LogP contribution in [0.1, 0.15) is 24.2 Å². The van der Waals surface area contributed by atoms with E-state index in [9.17, 15) is 0 Å². The molecule has 6 heteroatoms. The van der Waals surface area contributed by atoms with Crippen molar-refractivity contribution in [2.45, 2.75) is 19.9 Å². The number of piperazine rings is 1. The van der Waals surface area contributed by atoms with Gasteiger partial charge >= 0.3 is 0 Å². The molecule has 1 atom stereocenters. The molecule has 0 N–H and O–H groups in total. The second kappa shape index (κ2) is 7.04. The van der Waals surface area contributed by atoms with E-state index in [1.165, 1.54) is 5.56 Å². The van der Waals surface area contributed by atoms with Crippen molar-refractivity contribution in [1.82, 2.24) is 14.9 Å². The molecule has 1 aromatic carbocycles. The summed E-state index contributed by atoms with van der Waals surface area (Å²) < 4.78 is 0. The number of nitrogens with zero attached hydrogens (tertiary/aromatic N) is 4. The molecule has 122 valence electrons. The Bertz CT molecular complexity index is 647. The molecule has 3 rings (SSSR count). The molecule has 0 bridgehead atoms. The van der Waals surface area contributed by atoms with Crippen LogP contribution in [0, 0.1) is 6.92 Å². The molecule has 1 aromatic heterocycles. The maximum absolute atomic E-state index is 5.97. The van der Waals surface area contributed by atoms with Gasteiger partial charge in [-0.15, -0.1) is 0 Å². The van der Waals surface area contributed by atoms with E-state index in [0.717, 1.165) is 42.7 Å². The van der Waals surface area contributed by atoms with Gasteiger partial charge in [0.2, 0.25) is 5.28 Å². The van der Waals surface area contributed by atoms with Crippen LogP contribution in [0.25, 0.3) is 0 Å². The molecule has 0 spiro atoms. The van der Waals surface area contributed by atoms with E-state index in [1.54, 1.807) is 0 Å². The Hall–Kier alpha value is -1.36. The average molecular weight is 351 g/mol. The first kappa shape index (κ1) is 16.5. The maximum Gasteiger partial charge on any atom is 0.224 e. The Morgan fingerprint density at radius 3 is 2.26 bits per heavy atom. The van der Waals surface area contributed by atoms with Crippen molar-refractivity contribution in [2.24, 2.45) is 0 Å². The van der Waals surface area contributed by atoms with E-state index in [2.05, 4.69) is 38.8 Å². The standard InChI is InChI=1S/C17H20Cl2N4/c1-12-11-16(21-17(19)20-12)23-9-7-22(8-10-23)13(2)14-3-5-15(18)6-4-14/h3-6,11,13H,7-10H2,1-2H3. The zero-order chi connectivity index (χ0) is 16.4. The number of hydrogen-bond acceptors (Lipinski definition) is 4. The fourth-order valence-electron chi connectivity index (χ4n) is 2.97. The lowest BCUT2D eigenvalue weighted by molar-refractivity contribution is 0.198. The zero-order valence-electron chi connectivity index (χ0n) is 13.3. The van der Waals surface area contributed by atoms with E-state index in [1.807, 2.05) is 25.1 Å². The summed E-state index contributed by atoms with van der Waals surface area (Å²) in [6.45, 7) is 8.03. The van der Waals surface area contributed by atoms with Crippen LogP contribution in [0.2, 0.25) is 10.3 Å². The zero-order valence-corrected chi connectivity index (χ0v) is 14.8. The number of anilines is 1. The van der Waals surface area contributed by atoms with Gasteiger partial charge in [0.25, 0.3) is 0 Å². The Morgan fingerprint density at radius 2 is 1.65 bits per heavy atom. The normalized spacial score (nSPS) is 17.3. The number of halogens is 2. The first-order chi connectivity index (χ1) is 11.0. The molecule has 23 heavy (non-hydrogen) atoms. The van der Waals surface area contributed by atoms with Crippen LogP contribution in [0.5, 0.6) is 0 Å². The minimum absolute atomic E-state index is 0.317. The summed E-state index contributed by atoms with van der Waals surface area (Å²) >= 11 is 11.9. The third kappa shape index (κ3) is 3.94. The Kier molecular flexibility index (Phi) is 5.05. The first-order valence-corrected chi connectivity index (χ1v) is 8.54. The summed E-state index contributed by atoms with van der Waals surface area (Å²) in [5.74, 6) is 0.918. The van der Waals surface area contributed by atoms with Gasteiger partial charge in [0.1, 0.15) is 5.82 Å².